The van der Waals surface area contributed by atoms with Crippen LogP contribution in [-0.4, -0.2) is 31.9 Å². The van der Waals surface area contributed by atoms with E-state index >= 15 is 0 Å². The van der Waals surface area contributed by atoms with Crippen LogP contribution in [0, 0.1) is 0 Å². The highest BCUT2D eigenvalue weighted by Crippen LogP contribution is 2.46. The lowest BCUT2D eigenvalue weighted by Crippen LogP contribution is -2.22. The van der Waals surface area contributed by atoms with Gasteiger partial charge in [-0.25, -0.2) is 4.98 Å². The molecule has 1 amide bonds. The number of carbonyl (C=O) groups is 1. The zero-order chi connectivity index (χ0) is 26.9. The summed E-state index contributed by atoms with van der Waals surface area (Å²) in [6.07, 6.45) is 0. The molecule has 0 saturated heterocycles. The number of aromatic nitrogens is 1. The minimum absolute atomic E-state index is 0.196. The van der Waals surface area contributed by atoms with Crippen LogP contribution in [0.4, 0.5) is 5.69 Å². The number of hydrogen-bond acceptors (Lipinski definition) is 8. The van der Waals surface area contributed by atoms with Gasteiger partial charge in [-0.05, 0) is 29.8 Å². The molecule has 196 valence electrons. The molecular formula is C30H25N3O5S. The van der Waals surface area contributed by atoms with E-state index in [4.69, 9.17) is 29.7 Å². The molecule has 9 heteroatoms. The van der Waals surface area contributed by atoms with E-state index in [-0.39, 0.29) is 12.7 Å². The predicted octanol–water partition coefficient (Wildman–Crippen LogP) is 5.89. The molecule has 0 radical (unpaired) electrons. The van der Waals surface area contributed by atoms with E-state index in [1.54, 1.807) is 14.2 Å². The quantitative estimate of drug-likeness (QED) is 0.266. The number of carbonyl (C=O) groups excluding carboxylic acids is 1. The predicted molar refractivity (Wildman–Crippen MR) is 152 cm³/mol. The average molecular weight is 540 g/mol. The number of anilines is 1. The molecule has 1 aliphatic heterocycles. The summed E-state index contributed by atoms with van der Waals surface area (Å²) in [5.41, 5.74) is 11.2. The topological polar surface area (TPSA) is 105 Å². The number of ether oxygens (including phenoxy) is 4. The van der Waals surface area contributed by atoms with Gasteiger partial charge in [0.25, 0.3) is 5.91 Å². The van der Waals surface area contributed by atoms with Gasteiger partial charge in [0.15, 0.2) is 23.0 Å². The summed E-state index contributed by atoms with van der Waals surface area (Å²) in [4.78, 5) is 19.3. The van der Waals surface area contributed by atoms with Gasteiger partial charge in [-0.1, -0.05) is 48.5 Å². The first-order valence-electron chi connectivity index (χ1n) is 12.2. The van der Waals surface area contributed by atoms with Gasteiger partial charge in [0.2, 0.25) is 6.79 Å². The summed E-state index contributed by atoms with van der Waals surface area (Å²) >= 11 is 1.26. The highest BCUT2D eigenvalue weighted by Gasteiger charge is 2.24. The zero-order valence-electron chi connectivity index (χ0n) is 21.3. The fraction of sp³-hybridized carbons (Fsp3) is 0.133. The van der Waals surface area contributed by atoms with Crippen molar-refractivity contribution in [1.82, 2.24) is 10.3 Å². The van der Waals surface area contributed by atoms with Crippen molar-refractivity contribution in [1.29, 1.82) is 0 Å². The molecule has 8 nitrogen and oxygen atoms in total. The Morgan fingerprint density at radius 2 is 1.79 bits per heavy atom. The van der Waals surface area contributed by atoms with E-state index in [9.17, 15) is 4.79 Å². The Balaban J connectivity index is 1.44. The molecule has 2 aromatic heterocycles. The maximum Gasteiger partial charge on any atom is 0.263 e. The van der Waals surface area contributed by atoms with Gasteiger partial charge < -0.3 is 30.0 Å². The van der Waals surface area contributed by atoms with Crippen LogP contribution in [0.3, 0.4) is 0 Å². The molecule has 0 unspecified atom stereocenters. The Bertz CT molecular complexity index is 1700. The van der Waals surface area contributed by atoms with E-state index in [0.717, 1.165) is 27.9 Å². The third kappa shape index (κ3) is 4.46. The average Bonchev–Trinajstić information content (AvgIpc) is 3.59. The lowest BCUT2D eigenvalue weighted by Gasteiger charge is -2.15. The lowest BCUT2D eigenvalue weighted by atomic mass is 9.98. The van der Waals surface area contributed by atoms with Crippen LogP contribution in [0.25, 0.3) is 32.6 Å². The van der Waals surface area contributed by atoms with Gasteiger partial charge in [-0.15, -0.1) is 11.3 Å². The van der Waals surface area contributed by atoms with E-state index in [2.05, 4.69) is 5.32 Å². The Morgan fingerprint density at radius 3 is 2.59 bits per heavy atom. The van der Waals surface area contributed by atoms with Crippen molar-refractivity contribution >= 4 is 33.1 Å². The highest BCUT2D eigenvalue weighted by molar-refractivity contribution is 7.21. The SMILES string of the molecule is COc1cccc(-c2cc(-c3ccccc3)nc3sc(C(=O)NCc4ccc5c(c4)OCO5)c(N)c23)c1OC. The summed E-state index contributed by atoms with van der Waals surface area (Å²) in [5, 5.41) is 3.67. The normalized spacial score (nSPS) is 11.9. The van der Waals surface area contributed by atoms with Crippen molar-refractivity contribution < 1.29 is 23.7 Å². The zero-order valence-corrected chi connectivity index (χ0v) is 22.1. The second-order valence-corrected chi connectivity index (χ2v) is 9.86. The third-order valence-electron chi connectivity index (χ3n) is 6.56. The Kier molecular flexibility index (Phi) is 6.42. The molecule has 5 aromatic rings. The number of methoxy groups -OCH3 is 2. The highest BCUT2D eigenvalue weighted by atomic mass is 32.1. The molecule has 3 N–H and O–H groups in total. The smallest absolute Gasteiger partial charge is 0.263 e. The van der Waals surface area contributed by atoms with Crippen LogP contribution in [0.15, 0.2) is 72.8 Å². The van der Waals surface area contributed by atoms with Gasteiger partial charge in [0.1, 0.15) is 9.71 Å². The van der Waals surface area contributed by atoms with Crippen molar-refractivity contribution in [2.45, 2.75) is 6.54 Å². The number of rotatable bonds is 7. The number of hydrogen-bond donors (Lipinski definition) is 2. The molecule has 0 fully saturated rings. The number of thiophene rings is 1. The molecule has 39 heavy (non-hydrogen) atoms. The van der Waals surface area contributed by atoms with E-state index in [1.165, 1.54) is 11.3 Å². The van der Waals surface area contributed by atoms with Gasteiger partial charge in [0, 0.05) is 28.6 Å². The molecular weight excluding hydrogens is 514 g/mol. The van der Waals surface area contributed by atoms with Gasteiger partial charge in [0.05, 0.1) is 25.6 Å². The Labute approximate surface area is 228 Å². The standard InChI is InChI=1S/C30H25N3O5S/c1-35-23-10-6-9-19(27(23)36-2)20-14-21(18-7-4-3-5-8-18)33-30-25(20)26(31)28(39-30)29(34)32-15-17-11-12-22-24(13-17)38-16-37-22/h3-14H,15-16,31H2,1-2H3,(H,32,34). The van der Waals surface area contributed by atoms with Crippen molar-refractivity contribution in [3.05, 3.63) is 83.2 Å². The maximum absolute atomic E-state index is 13.4. The third-order valence-corrected chi connectivity index (χ3v) is 7.66. The first-order valence-corrected chi connectivity index (χ1v) is 13.1. The summed E-state index contributed by atoms with van der Waals surface area (Å²) < 4.78 is 22.1. The summed E-state index contributed by atoms with van der Waals surface area (Å²) in [6.45, 7) is 0.504. The number of nitrogens with two attached hydrogens (primary N) is 1. The number of fused-ring (bicyclic) bond motifs is 2. The number of nitrogens with zero attached hydrogens (tertiary/aromatic N) is 1. The number of pyridine rings is 1. The molecule has 3 heterocycles. The Hall–Kier alpha value is -4.76. The molecule has 0 spiro atoms. The summed E-state index contributed by atoms with van der Waals surface area (Å²) in [7, 11) is 3.20. The second kappa shape index (κ2) is 10.2. The molecule has 6 rings (SSSR count). The first-order chi connectivity index (χ1) is 19.1. The minimum atomic E-state index is -0.280. The first kappa shape index (κ1) is 24.6. The van der Waals surface area contributed by atoms with Crippen LogP contribution in [0.1, 0.15) is 15.2 Å². The number of nitrogen functional groups attached to an aromatic ring is 1. The van der Waals surface area contributed by atoms with Crippen LogP contribution < -0.4 is 30.0 Å². The van der Waals surface area contributed by atoms with Gasteiger partial charge in [-0.3, -0.25) is 4.79 Å². The number of amides is 1. The van der Waals surface area contributed by atoms with Crippen molar-refractivity contribution in [2.24, 2.45) is 0 Å². The number of nitrogens with one attached hydrogen (secondary N) is 1. The largest absolute Gasteiger partial charge is 0.493 e. The molecule has 1 aliphatic rings. The monoisotopic (exact) mass is 539 g/mol. The number of para-hydroxylation sites is 1. The minimum Gasteiger partial charge on any atom is -0.493 e. The van der Waals surface area contributed by atoms with Gasteiger partial charge >= 0.3 is 0 Å². The molecule has 0 atom stereocenters. The maximum atomic E-state index is 13.4. The second-order valence-electron chi connectivity index (χ2n) is 8.86. The van der Waals surface area contributed by atoms with Crippen molar-refractivity contribution in [3.8, 4) is 45.4 Å². The van der Waals surface area contributed by atoms with E-state index in [1.807, 2.05) is 72.8 Å². The van der Waals surface area contributed by atoms with Crippen LogP contribution in [0.2, 0.25) is 0 Å². The van der Waals surface area contributed by atoms with Crippen LogP contribution >= 0.6 is 11.3 Å². The van der Waals surface area contributed by atoms with E-state index < -0.39 is 0 Å². The number of benzene rings is 3. The molecule has 0 saturated carbocycles. The molecule has 0 aliphatic carbocycles. The Morgan fingerprint density at radius 1 is 0.974 bits per heavy atom. The van der Waals surface area contributed by atoms with Crippen molar-refractivity contribution in [3.63, 3.8) is 0 Å². The van der Waals surface area contributed by atoms with E-state index in [0.29, 0.717) is 50.3 Å². The van der Waals surface area contributed by atoms with Crippen LogP contribution in [-0.2, 0) is 6.54 Å². The fourth-order valence-electron chi connectivity index (χ4n) is 4.67. The molecule has 3 aromatic carbocycles. The van der Waals surface area contributed by atoms with Gasteiger partial charge in [-0.2, -0.15) is 0 Å². The fourth-order valence-corrected chi connectivity index (χ4v) is 5.71. The van der Waals surface area contributed by atoms with Crippen molar-refractivity contribution in [2.75, 3.05) is 26.7 Å². The molecule has 0 bridgehead atoms. The summed E-state index contributed by atoms with van der Waals surface area (Å²) in [6, 6.07) is 23.1. The lowest BCUT2D eigenvalue weighted by molar-refractivity contribution is 0.0955. The summed E-state index contributed by atoms with van der Waals surface area (Å²) in [5.74, 6) is 2.25. The van der Waals surface area contributed by atoms with Crippen LogP contribution in [0.5, 0.6) is 23.0 Å².